The summed E-state index contributed by atoms with van der Waals surface area (Å²) in [6.45, 7) is 8.57. The largest absolute Gasteiger partial charge is 0.323 e. The molecule has 0 fully saturated rings. The van der Waals surface area contributed by atoms with Crippen molar-refractivity contribution in [3.63, 3.8) is 0 Å². The first-order chi connectivity index (χ1) is 11.4. The fraction of sp³-hybridized carbons (Fsp3) is 0.350. The Labute approximate surface area is 149 Å². The van der Waals surface area contributed by atoms with Crippen molar-refractivity contribution in [1.29, 1.82) is 0 Å². The summed E-state index contributed by atoms with van der Waals surface area (Å²) in [5.74, 6) is 0.692. The lowest BCUT2D eigenvalue weighted by molar-refractivity contribution is 0.262. The van der Waals surface area contributed by atoms with Crippen LogP contribution in [-0.4, -0.2) is 12.3 Å². The van der Waals surface area contributed by atoms with Gasteiger partial charge in [0.05, 0.1) is 0 Å². The van der Waals surface area contributed by atoms with Crippen LogP contribution in [0.1, 0.15) is 50.7 Å². The van der Waals surface area contributed by atoms with Crippen molar-refractivity contribution in [1.82, 2.24) is 0 Å². The Hall–Kier alpha value is -1.94. The number of amides is 2. The highest BCUT2D eigenvalue weighted by Crippen LogP contribution is 2.32. The maximum Gasteiger partial charge on any atom is 0.323 e. The molecule has 0 heterocycles. The molecule has 2 aromatic rings. The third kappa shape index (κ3) is 4.54. The zero-order chi connectivity index (χ0) is 17.7. The predicted molar refractivity (Wildman–Crippen MR) is 105 cm³/mol. The third-order valence-electron chi connectivity index (χ3n) is 3.94. The fourth-order valence-corrected chi connectivity index (χ4v) is 3.13. The van der Waals surface area contributed by atoms with Gasteiger partial charge in [-0.3, -0.25) is 0 Å². The van der Waals surface area contributed by atoms with Crippen LogP contribution in [-0.2, 0) is 0 Å². The van der Waals surface area contributed by atoms with E-state index in [2.05, 4.69) is 56.5 Å². The quantitative estimate of drug-likeness (QED) is 0.626. The van der Waals surface area contributed by atoms with Gasteiger partial charge in [0, 0.05) is 16.3 Å². The van der Waals surface area contributed by atoms with Crippen LogP contribution in [0.15, 0.2) is 47.4 Å². The summed E-state index contributed by atoms with van der Waals surface area (Å²) in [5, 5.41) is 6.00. The van der Waals surface area contributed by atoms with E-state index in [-0.39, 0.29) is 6.03 Å². The van der Waals surface area contributed by atoms with Crippen LogP contribution in [0, 0.1) is 0 Å². The molecule has 4 heteroatoms. The van der Waals surface area contributed by atoms with Gasteiger partial charge in [-0.05, 0) is 47.4 Å². The Balaban J connectivity index is 2.24. The van der Waals surface area contributed by atoms with E-state index < -0.39 is 0 Å². The molecule has 2 N–H and O–H groups in total. The number of para-hydroxylation sites is 1. The molecule has 2 amide bonds. The molecule has 0 saturated heterocycles. The first-order valence-corrected chi connectivity index (χ1v) is 9.49. The first-order valence-electron chi connectivity index (χ1n) is 8.27. The van der Waals surface area contributed by atoms with E-state index >= 15 is 0 Å². The molecule has 0 unspecified atom stereocenters. The second-order valence-corrected chi connectivity index (χ2v) is 7.31. The summed E-state index contributed by atoms with van der Waals surface area (Å²) in [6, 6.07) is 13.9. The van der Waals surface area contributed by atoms with Gasteiger partial charge < -0.3 is 10.6 Å². The molecule has 0 aliphatic rings. The number of hydrogen-bond acceptors (Lipinski definition) is 2. The Morgan fingerprint density at radius 1 is 0.917 bits per heavy atom. The van der Waals surface area contributed by atoms with Crippen molar-refractivity contribution in [2.45, 2.75) is 44.4 Å². The normalized spacial score (nSPS) is 11.0. The van der Waals surface area contributed by atoms with Gasteiger partial charge in [0.15, 0.2) is 0 Å². The third-order valence-corrected chi connectivity index (χ3v) is 4.66. The molecule has 2 aromatic carbocycles. The lowest BCUT2D eigenvalue weighted by Gasteiger charge is -2.20. The summed E-state index contributed by atoms with van der Waals surface area (Å²) < 4.78 is 0. The number of carbonyl (C=O) groups is 1. The van der Waals surface area contributed by atoms with Gasteiger partial charge in [0.2, 0.25) is 0 Å². The highest BCUT2D eigenvalue weighted by Gasteiger charge is 2.16. The molecule has 0 spiro atoms. The molecule has 0 aromatic heterocycles. The van der Waals surface area contributed by atoms with Crippen molar-refractivity contribution in [3.8, 4) is 0 Å². The standard InChI is InChI=1S/C20H26N2OS/c1-13(2)17-10-7-11-18(14(3)4)19(17)22-20(23)21-15-8-6-9-16(12-15)24-5/h6-14H,1-5H3,(H2,21,22,23). The molecule has 0 aliphatic heterocycles. The van der Waals surface area contributed by atoms with Crippen molar-refractivity contribution >= 4 is 29.2 Å². The zero-order valence-electron chi connectivity index (χ0n) is 15.0. The second-order valence-electron chi connectivity index (χ2n) is 6.43. The average molecular weight is 343 g/mol. The molecule has 0 atom stereocenters. The zero-order valence-corrected chi connectivity index (χ0v) is 15.8. The fourth-order valence-electron chi connectivity index (χ4n) is 2.67. The Kier molecular flexibility index (Phi) is 6.32. The van der Waals surface area contributed by atoms with Gasteiger partial charge in [-0.1, -0.05) is 52.0 Å². The topological polar surface area (TPSA) is 41.1 Å². The monoisotopic (exact) mass is 342 g/mol. The van der Waals surface area contributed by atoms with Crippen LogP contribution in [0.2, 0.25) is 0 Å². The Morgan fingerprint density at radius 2 is 1.50 bits per heavy atom. The second kappa shape index (κ2) is 8.25. The molecule has 0 radical (unpaired) electrons. The van der Waals surface area contributed by atoms with E-state index in [4.69, 9.17) is 0 Å². The number of anilines is 2. The average Bonchev–Trinajstić information content (AvgIpc) is 2.54. The number of carbonyl (C=O) groups excluding carboxylic acids is 1. The van der Waals surface area contributed by atoms with Crippen LogP contribution in [0.4, 0.5) is 16.2 Å². The smallest absolute Gasteiger partial charge is 0.308 e. The molecule has 0 bridgehead atoms. The van der Waals surface area contributed by atoms with Crippen LogP contribution in [0.5, 0.6) is 0 Å². The van der Waals surface area contributed by atoms with Gasteiger partial charge in [0.1, 0.15) is 0 Å². The van der Waals surface area contributed by atoms with E-state index in [0.29, 0.717) is 11.8 Å². The maximum atomic E-state index is 12.5. The molecule has 24 heavy (non-hydrogen) atoms. The van der Waals surface area contributed by atoms with E-state index in [1.165, 1.54) is 0 Å². The maximum absolute atomic E-state index is 12.5. The molecular weight excluding hydrogens is 316 g/mol. The summed E-state index contributed by atoms with van der Waals surface area (Å²) in [7, 11) is 0. The summed E-state index contributed by atoms with van der Waals surface area (Å²) >= 11 is 1.66. The van der Waals surface area contributed by atoms with Gasteiger partial charge in [-0.2, -0.15) is 0 Å². The summed E-state index contributed by atoms with van der Waals surface area (Å²) in [4.78, 5) is 13.6. The highest BCUT2D eigenvalue weighted by molar-refractivity contribution is 7.98. The number of rotatable bonds is 5. The van der Waals surface area contributed by atoms with E-state index in [0.717, 1.165) is 27.4 Å². The lowest BCUT2D eigenvalue weighted by atomic mass is 9.93. The SMILES string of the molecule is CSc1cccc(NC(=O)Nc2c(C(C)C)cccc2C(C)C)c1. The van der Waals surface area contributed by atoms with E-state index in [1.807, 2.05) is 30.5 Å². The number of nitrogens with one attached hydrogen (secondary N) is 2. The minimum Gasteiger partial charge on any atom is -0.308 e. The highest BCUT2D eigenvalue weighted by atomic mass is 32.2. The van der Waals surface area contributed by atoms with Crippen molar-refractivity contribution < 1.29 is 4.79 Å². The molecule has 3 nitrogen and oxygen atoms in total. The minimum absolute atomic E-state index is 0.205. The summed E-state index contributed by atoms with van der Waals surface area (Å²) in [5.41, 5.74) is 4.05. The number of benzene rings is 2. The Morgan fingerprint density at radius 3 is 2.04 bits per heavy atom. The van der Waals surface area contributed by atoms with Gasteiger partial charge in [-0.15, -0.1) is 11.8 Å². The number of urea groups is 1. The van der Waals surface area contributed by atoms with Crippen molar-refractivity contribution in [2.24, 2.45) is 0 Å². The van der Waals surface area contributed by atoms with E-state index in [1.54, 1.807) is 11.8 Å². The molecule has 0 saturated carbocycles. The van der Waals surface area contributed by atoms with Gasteiger partial charge >= 0.3 is 6.03 Å². The molecule has 2 rings (SSSR count). The van der Waals surface area contributed by atoms with Gasteiger partial charge in [-0.25, -0.2) is 4.79 Å². The molecule has 128 valence electrons. The van der Waals surface area contributed by atoms with Crippen molar-refractivity contribution in [3.05, 3.63) is 53.6 Å². The molecular formula is C20H26N2OS. The van der Waals surface area contributed by atoms with Crippen LogP contribution < -0.4 is 10.6 Å². The minimum atomic E-state index is -0.205. The van der Waals surface area contributed by atoms with Crippen molar-refractivity contribution in [2.75, 3.05) is 16.9 Å². The number of hydrogen-bond donors (Lipinski definition) is 2. The summed E-state index contributed by atoms with van der Waals surface area (Å²) in [6.07, 6.45) is 2.02. The van der Waals surface area contributed by atoms with Crippen LogP contribution in [0.3, 0.4) is 0 Å². The Bertz CT molecular complexity index is 684. The predicted octanol–water partition coefficient (Wildman–Crippen LogP) is 6.30. The lowest BCUT2D eigenvalue weighted by Crippen LogP contribution is -2.21. The van der Waals surface area contributed by atoms with Gasteiger partial charge in [0.25, 0.3) is 0 Å². The molecule has 0 aliphatic carbocycles. The van der Waals surface area contributed by atoms with Crippen LogP contribution in [0.25, 0.3) is 0 Å². The van der Waals surface area contributed by atoms with Crippen LogP contribution >= 0.6 is 11.8 Å². The first kappa shape index (κ1) is 18.4. The number of thioether (sulfide) groups is 1. The van der Waals surface area contributed by atoms with E-state index in [9.17, 15) is 4.79 Å².